The van der Waals surface area contributed by atoms with Crippen LogP contribution in [-0.4, -0.2) is 17.4 Å². The van der Waals surface area contributed by atoms with Gasteiger partial charge in [-0.1, -0.05) is 52.2 Å². The Kier molecular flexibility index (Phi) is 12.3. The van der Waals surface area contributed by atoms with Gasteiger partial charge in [-0.15, -0.1) is 16.8 Å². The molecule has 0 radical (unpaired) electrons. The second kappa shape index (κ2) is 12.9. The van der Waals surface area contributed by atoms with E-state index in [9.17, 15) is 4.48 Å². The summed E-state index contributed by atoms with van der Waals surface area (Å²) in [5, 5.41) is 0.540. The first-order chi connectivity index (χ1) is 10.1. The van der Waals surface area contributed by atoms with Gasteiger partial charge in [-0.25, -0.2) is 0 Å². The Hall–Kier alpha value is -0.850. The van der Waals surface area contributed by atoms with Crippen molar-refractivity contribution in [1.29, 1.82) is 0 Å². The molecule has 0 saturated carbocycles. The first-order valence-corrected chi connectivity index (χ1v) is 8.33. The quantitative estimate of drug-likeness (QED) is 0.144. The van der Waals surface area contributed by atoms with E-state index in [4.69, 9.17) is 11.3 Å². The third-order valence-electron chi connectivity index (χ3n) is 3.71. The average molecular weight is 297 g/mol. The van der Waals surface area contributed by atoms with E-state index in [0.29, 0.717) is 18.1 Å². The zero-order chi connectivity index (χ0) is 16.1. The van der Waals surface area contributed by atoms with Crippen LogP contribution < -0.4 is 0 Å². The molecule has 21 heavy (non-hydrogen) atoms. The molecule has 0 aliphatic rings. The van der Waals surface area contributed by atoms with E-state index in [2.05, 4.69) is 26.3 Å². The number of terminal acetylenes is 1. The molecular formula is C18H32FNO. The number of rotatable bonds is 13. The lowest BCUT2D eigenvalue weighted by Crippen LogP contribution is -2.34. The van der Waals surface area contributed by atoms with E-state index in [1.54, 1.807) is 0 Å². The summed E-state index contributed by atoms with van der Waals surface area (Å²) in [4.78, 5) is 5.56. The molecule has 0 spiro atoms. The normalized spacial score (nSPS) is 13.9. The molecule has 0 fully saturated rings. The second-order valence-corrected chi connectivity index (χ2v) is 5.55. The largest absolute Gasteiger partial charge is 0.267 e. The summed E-state index contributed by atoms with van der Waals surface area (Å²) in [5.41, 5.74) is 0.861. The summed E-state index contributed by atoms with van der Waals surface area (Å²) < 4.78 is 14.4. The first-order valence-electron chi connectivity index (χ1n) is 8.33. The van der Waals surface area contributed by atoms with Gasteiger partial charge in [0.1, 0.15) is 0 Å². The van der Waals surface area contributed by atoms with Gasteiger partial charge in [0, 0.05) is 6.42 Å². The van der Waals surface area contributed by atoms with Crippen molar-refractivity contribution in [3.05, 3.63) is 12.2 Å². The lowest BCUT2D eigenvalue weighted by molar-refractivity contribution is -0.324. The zero-order valence-corrected chi connectivity index (χ0v) is 14.0. The predicted octanol–water partition coefficient (Wildman–Crippen LogP) is 5.60. The van der Waals surface area contributed by atoms with Gasteiger partial charge in [0.15, 0.2) is 0 Å². The van der Waals surface area contributed by atoms with Gasteiger partial charge >= 0.3 is 0 Å². The fourth-order valence-corrected chi connectivity index (χ4v) is 2.30. The topological polar surface area (TPSA) is 12.5 Å². The van der Waals surface area contributed by atoms with Gasteiger partial charge < -0.3 is 0 Å². The second-order valence-electron chi connectivity index (χ2n) is 5.55. The fraction of sp³-hybridized carbons (Fsp3) is 0.778. The van der Waals surface area contributed by atoms with Crippen LogP contribution in [0.2, 0.25) is 0 Å². The van der Waals surface area contributed by atoms with Crippen molar-refractivity contribution in [2.45, 2.75) is 90.7 Å². The van der Waals surface area contributed by atoms with Crippen molar-refractivity contribution >= 4 is 0 Å². The Morgan fingerprint density at radius 1 is 1.19 bits per heavy atom. The molecule has 0 aromatic heterocycles. The highest BCUT2D eigenvalue weighted by molar-refractivity contribution is 5.03. The lowest BCUT2D eigenvalue weighted by atomic mass is 10.0. The van der Waals surface area contributed by atoms with E-state index in [1.807, 2.05) is 6.92 Å². The molecule has 0 saturated heterocycles. The van der Waals surface area contributed by atoms with Crippen molar-refractivity contribution in [3.63, 3.8) is 0 Å². The minimum absolute atomic E-state index is 0.0419. The SMILES string of the molecule is C#CCCCC(C(=C)CC)N(F)OC(CCC)CCCC. The number of nitrogens with zero attached hydrogens (tertiary/aromatic N) is 1. The van der Waals surface area contributed by atoms with Crippen molar-refractivity contribution in [3.8, 4) is 12.3 Å². The van der Waals surface area contributed by atoms with Crippen molar-refractivity contribution in [1.82, 2.24) is 5.29 Å². The summed E-state index contributed by atoms with van der Waals surface area (Å²) in [7, 11) is 0. The van der Waals surface area contributed by atoms with Crippen molar-refractivity contribution in [2.24, 2.45) is 0 Å². The fourth-order valence-electron chi connectivity index (χ4n) is 2.30. The summed E-state index contributed by atoms with van der Waals surface area (Å²) in [6.45, 7) is 10.2. The molecule has 2 unspecified atom stereocenters. The van der Waals surface area contributed by atoms with Crippen molar-refractivity contribution < 1.29 is 9.32 Å². The minimum atomic E-state index is -0.385. The van der Waals surface area contributed by atoms with Crippen molar-refractivity contribution in [2.75, 3.05) is 0 Å². The highest BCUT2D eigenvalue weighted by Gasteiger charge is 2.24. The molecule has 0 bridgehead atoms. The molecule has 0 aliphatic heterocycles. The number of hydrogen-bond donors (Lipinski definition) is 0. The number of hydroxylamine groups is 1. The standard InChI is InChI=1S/C18H32FNO/c1-6-10-12-15-18(16(5)9-4)20(19)21-17(13-8-3)14-11-7-2/h1,17-18H,5,7-15H2,2-4H3. The summed E-state index contributed by atoms with van der Waals surface area (Å²) in [6.07, 6.45) is 13.0. The maximum Gasteiger partial charge on any atom is 0.0886 e. The van der Waals surface area contributed by atoms with Crippen LogP contribution in [0.5, 0.6) is 0 Å². The molecule has 0 heterocycles. The van der Waals surface area contributed by atoms with Crippen LogP contribution in [0.25, 0.3) is 0 Å². The molecule has 122 valence electrons. The van der Waals surface area contributed by atoms with Gasteiger partial charge in [-0.05, 0) is 37.4 Å². The van der Waals surface area contributed by atoms with Crippen LogP contribution in [0.3, 0.4) is 0 Å². The highest BCUT2D eigenvalue weighted by atomic mass is 19.2. The smallest absolute Gasteiger partial charge is 0.0886 e. The Bertz CT molecular complexity index is 311. The van der Waals surface area contributed by atoms with Gasteiger partial charge in [0.2, 0.25) is 0 Å². The molecule has 0 rings (SSSR count). The first kappa shape index (κ1) is 20.1. The number of halogens is 1. The molecule has 0 aromatic rings. The van der Waals surface area contributed by atoms with Gasteiger partial charge in [0.25, 0.3) is 0 Å². The minimum Gasteiger partial charge on any atom is -0.267 e. The third-order valence-corrected chi connectivity index (χ3v) is 3.71. The molecule has 2 atom stereocenters. The van der Waals surface area contributed by atoms with E-state index < -0.39 is 0 Å². The van der Waals surface area contributed by atoms with E-state index in [1.165, 1.54) is 0 Å². The summed E-state index contributed by atoms with van der Waals surface area (Å²) in [6, 6.07) is -0.385. The molecule has 3 heteroatoms. The predicted molar refractivity (Wildman–Crippen MR) is 88.2 cm³/mol. The van der Waals surface area contributed by atoms with Crippen LogP contribution in [-0.2, 0) is 4.84 Å². The van der Waals surface area contributed by atoms with E-state index >= 15 is 0 Å². The molecule has 0 aromatic carbocycles. The molecular weight excluding hydrogens is 265 g/mol. The average Bonchev–Trinajstić information content (AvgIpc) is 2.48. The Balaban J connectivity index is 4.55. The number of hydrogen-bond acceptors (Lipinski definition) is 2. The Labute approximate surface area is 130 Å². The Morgan fingerprint density at radius 2 is 1.90 bits per heavy atom. The zero-order valence-electron chi connectivity index (χ0n) is 14.0. The molecule has 0 aliphatic carbocycles. The van der Waals surface area contributed by atoms with Gasteiger partial charge in [-0.2, -0.15) is 0 Å². The summed E-state index contributed by atoms with van der Waals surface area (Å²) in [5.74, 6) is 2.60. The Morgan fingerprint density at radius 3 is 2.43 bits per heavy atom. The molecule has 0 N–H and O–H groups in total. The van der Waals surface area contributed by atoms with Crippen LogP contribution in [0, 0.1) is 12.3 Å². The molecule has 0 amide bonds. The maximum atomic E-state index is 14.4. The highest BCUT2D eigenvalue weighted by Crippen LogP contribution is 2.22. The van der Waals surface area contributed by atoms with Gasteiger partial charge in [-0.3, -0.25) is 4.84 Å². The lowest BCUT2D eigenvalue weighted by Gasteiger charge is -2.28. The van der Waals surface area contributed by atoms with Crippen LogP contribution in [0.1, 0.15) is 78.6 Å². The summed E-state index contributed by atoms with van der Waals surface area (Å²) >= 11 is 0. The van der Waals surface area contributed by atoms with Crippen LogP contribution >= 0.6 is 0 Å². The van der Waals surface area contributed by atoms with Gasteiger partial charge in [0.05, 0.1) is 12.1 Å². The van der Waals surface area contributed by atoms with E-state index in [-0.39, 0.29) is 12.1 Å². The van der Waals surface area contributed by atoms with Crippen LogP contribution in [0.15, 0.2) is 12.2 Å². The third kappa shape index (κ3) is 8.90. The molecule has 2 nitrogen and oxygen atoms in total. The van der Waals surface area contributed by atoms with E-state index in [0.717, 1.165) is 50.5 Å². The van der Waals surface area contributed by atoms with Crippen LogP contribution in [0.4, 0.5) is 4.48 Å². The maximum absolute atomic E-state index is 14.4. The monoisotopic (exact) mass is 297 g/mol. The number of unbranched alkanes of at least 4 members (excludes halogenated alkanes) is 2.